The molecule has 1 nitrogen and oxygen atoms in total. The molecule has 33 heavy (non-hydrogen) atoms. The fourth-order valence-corrected chi connectivity index (χ4v) is 5.48. The SMILES string of the molecule is Cc1ccccc1C1(c2ccccc2)c2ccccc2-c2ccc(Nc3ccccc3)cc21. The predicted molar refractivity (Wildman–Crippen MR) is 138 cm³/mol. The van der Waals surface area contributed by atoms with E-state index in [0.29, 0.717) is 0 Å². The van der Waals surface area contributed by atoms with Crippen LogP contribution < -0.4 is 5.32 Å². The van der Waals surface area contributed by atoms with Crippen LogP contribution in [0.3, 0.4) is 0 Å². The fraction of sp³-hybridized carbons (Fsp3) is 0.0625. The van der Waals surface area contributed by atoms with E-state index in [2.05, 4.69) is 134 Å². The average Bonchev–Trinajstić information content (AvgIpc) is 3.16. The minimum Gasteiger partial charge on any atom is -0.356 e. The summed E-state index contributed by atoms with van der Waals surface area (Å²) < 4.78 is 0. The third-order valence-electron chi connectivity index (χ3n) is 6.86. The van der Waals surface area contributed by atoms with Crippen molar-refractivity contribution in [2.75, 3.05) is 5.32 Å². The van der Waals surface area contributed by atoms with Gasteiger partial charge in [0.2, 0.25) is 0 Å². The summed E-state index contributed by atoms with van der Waals surface area (Å²) in [6.45, 7) is 2.23. The summed E-state index contributed by atoms with van der Waals surface area (Å²) in [5.41, 5.74) is 11.0. The van der Waals surface area contributed by atoms with Crippen LogP contribution in [0, 0.1) is 6.92 Å². The summed E-state index contributed by atoms with van der Waals surface area (Å²) in [6, 6.07) is 45.9. The van der Waals surface area contributed by atoms with Crippen LogP contribution in [-0.2, 0) is 5.41 Å². The standard InChI is InChI=1S/C32H25N/c1-23-12-8-10-18-29(23)32(24-13-4-2-5-14-24)30-19-11-9-17-27(30)28-21-20-26(22-31(28)32)33-25-15-6-3-7-16-25/h2-22,33H,1H3. The molecule has 6 rings (SSSR count). The smallest absolute Gasteiger partial charge is 0.0716 e. The Bertz CT molecular complexity index is 1440. The van der Waals surface area contributed by atoms with Gasteiger partial charge in [0.05, 0.1) is 5.41 Å². The maximum Gasteiger partial charge on any atom is 0.0716 e. The molecule has 1 heteroatoms. The third-order valence-corrected chi connectivity index (χ3v) is 6.86. The first-order chi connectivity index (χ1) is 16.3. The molecule has 0 spiro atoms. The highest BCUT2D eigenvalue weighted by molar-refractivity contribution is 5.88. The van der Waals surface area contributed by atoms with Gasteiger partial charge < -0.3 is 5.32 Å². The minimum absolute atomic E-state index is 0.368. The van der Waals surface area contributed by atoms with Crippen molar-refractivity contribution < 1.29 is 0 Å². The number of hydrogen-bond donors (Lipinski definition) is 1. The summed E-state index contributed by atoms with van der Waals surface area (Å²) >= 11 is 0. The highest BCUT2D eigenvalue weighted by atomic mass is 14.9. The Labute approximate surface area is 195 Å². The lowest BCUT2D eigenvalue weighted by Crippen LogP contribution is -2.29. The molecule has 5 aromatic carbocycles. The topological polar surface area (TPSA) is 12.0 Å². The van der Waals surface area contributed by atoms with Crippen LogP contribution in [0.15, 0.2) is 127 Å². The van der Waals surface area contributed by atoms with E-state index < -0.39 is 0 Å². The van der Waals surface area contributed by atoms with Crippen LogP contribution in [0.1, 0.15) is 27.8 Å². The van der Waals surface area contributed by atoms with Gasteiger partial charge in [-0.3, -0.25) is 0 Å². The fourth-order valence-electron chi connectivity index (χ4n) is 5.48. The van der Waals surface area contributed by atoms with Crippen molar-refractivity contribution >= 4 is 11.4 Å². The van der Waals surface area contributed by atoms with Crippen molar-refractivity contribution in [3.63, 3.8) is 0 Å². The molecule has 0 fully saturated rings. The maximum atomic E-state index is 3.62. The van der Waals surface area contributed by atoms with E-state index in [-0.39, 0.29) is 5.41 Å². The summed E-state index contributed by atoms with van der Waals surface area (Å²) in [6.07, 6.45) is 0. The molecule has 1 aliphatic carbocycles. The Kier molecular flexibility index (Phi) is 4.62. The molecule has 5 aromatic rings. The van der Waals surface area contributed by atoms with E-state index in [1.54, 1.807) is 0 Å². The van der Waals surface area contributed by atoms with Crippen molar-refractivity contribution in [2.24, 2.45) is 0 Å². The second-order valence-electron chi connectivity index (χ2n) is 8.73. The van der Waals surface area contributed by atoms with Gasteiger partial charge in [-0.05, 0) is 70.1 Å². The molecule has 0 bridgehead atoms. The molecule has 1 N–H and O–H groups in total. The van der Waals surface area contributed by atoms with E-state index in [1.165, 1.54) is 38.9 Å². The van der Waals surface area contributed by atoms with Gasteiger partial charge in [0.1, 0.15) is 0 Å². The van der Waals surface area contributed by atoms with E-state index in [0.717, 1.165) is 11.4 Å². The van der Waals surface area contributed by atoms with Gasteiger partial charge in [0.15, 0.2) is 0 Å². The molecule has 1 unspecified atom stereocenters. The van der Waals surface area contributed by atoms with Crippen LogP contribution in [0.5, 0.6) is 0 Å². The van der Waals surface area contributed by atoms with Crippen molar-refractivity contribution in [2.45, 2.75) is 12.3 Å². The van der Waals surface area contributed by atoms with Crippen molar-refractivity contribution in [3.8, 4) is 11.1 Å². The molecule has 0 heterocycles. The van der Waals surface area contributed by atoms with Crippen molar-refractivity contribution in [1.29, 1.82) is 0 Å². The number of fused-ring (bicyclic) bond motifs is 3. The molecule has 0 saturated carbocycles. The molecule has 1 atom stereocenters. The van der Waals surface area contributed by atoms with E-state index in [4.69, 9.17) is 0 Å². The van der Waals surface area contributed by atoms with Gasteiger partial charge in [-0.15, -0.1) is 0 Å². The Morgan fingerprint density at radius 2 is 1.09 bits per heavy atom. The largest absolute Gasteiger partial charge is 0.356 e. The molecular weight excluding hydrogens is 398 g/mol. The average molecular weight is 424 g/mol. The third kappa shape index (κ3) is 3.01. The van der Waals surface area contributed by atoms with Crippen LogP contribution in [0.4, 0.5) is 11.4 Å². The van der Waals surface area contributed by atoms with Crippen LogP contribution >= 0.6 is 0 Å². The van der Waals surface area contributed by atoms with Gasteiger partial charge in [0, 0.05) is 11.4 Å². The van der Waals surface area contributed by atoms with Gasteiger partial charge in [-0.1, -0.05) is 103 Å². The highest BCUT2D eigenvalue weighted by Gasteiger charge is 2.46. The van der Waals surface area contributed by atoms with Gasteiger partial charge in [0.25, 0.3) is 0 Å². The normalized spacial score (nSPS) is 16.2. The summed E-state index contributed by atoms with van der Waals surface area (Å²) in [5, 5.41) is 3.62. The second-order valence-corrected chi connectivity index (χ2v) is 8.73. The Morgan fingerprint density at radius 3 is 1.85 bits per heavy atom. The monoisotopic (exact) mass is 423 g/mol. The van der Waals surface area contributed by atoms with Gasteiger partial charge >= 0.3 is 0 Å². The molecule has 0 aromatic heterocycles. The molecule has 0 saturated heterocycles. The molecule has 158 valence electrons. The van der Waals surface area contributed by atoms with Crippen LogP contribution in [0.2, 0.25) is 0 Å². The zero-order valence-electron chi connectivity index (χ0n) is 18.6. The van der Waals surface area contributed by atoms with Crippen LogP contribution in [0.25, 0.3) is 11.1 Å². The first kappa shape index (κ1) is 19.6. The molecule has 0 aliphatic heterocycles. The van der Waals surface area contributed by atoms with E-state index in [1.807, 2.05) is 6.07 Å². The van der Waals surface area contributed by atoms with Crippen LogP contribution in [-0.4, -0.2) is 0 Å². The molecule has 1 aliphatic rings. The van der Waals surface area contributed by atoms with E-state index in [9.17, 15) is 0 Å². The summed E-state index contributed by atoms with van der Waals surface area (Å²) in [5.74, 6) is 0. The number of anilines is 2. The zero-order chi connectivity index (χ0) is 22.3. The quantitative estimate of drug-likeness (QED) is 0.302. The lowest BCUT2D eigenvalue weighted by Gasteiger charge is -2.35. The Morgan fingerprint density at radius 1 is 0.485 bits per heavy atom. The van der Waals surface area contributed by atoms with Gasteiger partial charge in [-0.25, -0.2) is 0 Å². The predicted octanol–water partition coefficient (Wildman–Crippen LogP) is 8.10. The number of para-hydroxylation sites is 1. The van der Waals surface area contributed by atoms with Gasteiger partial charge in [-0.2, -0.15) is 0 Å². The van der Waals surface area contributed by atoms with Crippen molar-refractivity contribution in [3.05, 3.63) is 155 Å². The molecule has 0 radical (unpaired) electrons. The molecule has 0 amide bonds. The zero-order valence-corrected chi connectivity index (χ0v) is 18.6. The Hall–Kier alpha value is -4.10. The lowest BCUT2D eigenvalue weighted by molar-refractivity contribution is 0.761. The minimum atomic E-state index is -0.368. The first-order valence-corrected chi connectivity index (χ1v) is 11.5. The number of hydrogen-bond acceptors (Lipinski definition) is 1. The number of aryl methyl sites for hydroxylation is 1. The maximum absolute atomic E-state index is 3.62. The molecular formula is C32H25N. The number of rotatable bonds is 4. The van der Waals surface area contributed by atoms with Crippen molar-refractivity contribution in [1.82, 2.24) is 0 Å². The number of nitrogens with one attached hydrogen (secondary N) is 1. The number of benzene rings is 5. The van der Waals surface area contributed by atoms with E-state index >= 15 is 0 Å². The highest BCUT2D eigenvalue weighted by Crippen LogP contribution is 2.57. The first-order valence-electron chi connectivity index (χ1n) is 11.5. The lowest BCUT2D eigenvalue weighted by atomic mass is 9.66. The summed E-state index contributed by atoms with van der Waals surface area (Å²) in [4.78, 5) is 0. The summed E-state index contributed by atoms with van der Waals surface area (Å²) in [7, 11) is 0. The second kappa shape index (κ2) is 7.79. The Balaban J connectivity index is 1.68.